The number of aromatic nitrogens is 3. The van der Waals surface area contributed by atoms with E-state index >= 15 is 0 Å². The molecule has 0 aliphatic carbocycles. The van der Waals surface area contributed by atoms with E-state index in [1.807, 2.05) is 36.7 Å². The number of aryl methyl sites for hydroxylation is 2. The highest BCUT2D eigenvalue weighted by Crippen LogP contribution is 2.15. The summed E-state index contributed by atoms with van der Waals surface area (Å²) in [6, 6.07) is 18.9. The number of rotatable bonds is 7. The molecule has 0 amide bonds. The van der Waals surface area contributed by atoms with Crippen molar-refractivity contribution in [2.75, 3.05) is 6.54 Å². The van der Waals surface area contributed by atoms with Gasteiger partial charge < -0.3 is 15.2 Å². The Labute approximate surface area is 196 Å². The molecule has 1 aromatic heterocycles. The summed E-state index contributed by atoms with van der Waals surface area (Å²) in [6.07, 6.45) is 0. The normalized spacial score (nSPS) is 12.2. The molecule has 7 heteroatoms. The molecule has 0 bridgehead atoms. The van der Waals surface area contributed by atoms with Gasteiger partial charge in [0.15, 0.2) is 11.8 Å². The topological polar surface area (TPSA) is 67.1 Å². The number of hydrogen-bond acceptors (Lipinski definition) is 3. The van der Waals surface area contributed by atoms with Crippen LogP contribution >= 0.6 is 24.0 Å². The van der Waals surface area contributed by atoms with Gasteiger partial charge in [0.25, 0.3) is 0 Å². The summed E-state index contributed by atoms with van der Waals surface area (Å²) in [5.41, 5.74) is 3.78. The van der Waals surface area contributed by atoms with Crippen LogP contribution in [0.2, 0.25) is 0 Å². The molecule has 2 aromatic carbocycles. The smallest absolute Gasteiger partial charge is 0.191 e. The third-order valence-corrected chi connectivity index (χ3v) is 5.05. The molecule has 1 heterocycles. The lowest BCUT2D eigenvalue weighted by atomic mass is 9.99. The van der Waals surface area contributed by atoms with E-state index in [4.69, 9.17) is 4.99 Å². The van der Waals surface area contributed by atoms with E-state index in [2.05, 4.69) is 71.1 Å². The molecule has 0 aliphatic heterocycles. The first-order valence-corrected chi connectivity index (χ1v) is 10.0. The second-order valence-electron chi connectivity index (χ2n) is 7.42. The van der Waals surface area contributed by atoms with Crippen molar-refractivity contribution in [3.05, 3.63) is 82.9 Å². The van der Waals surface area contributed by atoms with Crippen LogP contribution in [0, 0.1) is 13.8 Å². The van der Waals surface area contributed by atoms with E-state index in [1.54, 1.807) is 0 Å². The number of aliphatic imine (C=N–C) groups is 1. The first-order valence-electron chi connectivity index (χ1n) is 10.0. The molecule has 6 nitrogen and oxygen atoms in total. The summed E-state index contributed by atoms with van der Waals surface area (Å²) in [5, 5.41) is 15.2. The van der Waals surface area contributed by atoms with E-state index in [1.165, 1.54) is 16.7 Å². The molecule has 1 unspecified atom stereocenters. The number of nitrogens with one attached hydrogen (secondary N) is 2. The van der Waals surface area contributed by atoms with Gasteiger partial charge in [-0.3, -0.25) is 0 Å². The van der Waals surface area contributed by atoms with E-state index in [9.17, 15) is 0 Å². The Bertz CT molecular complexity index is 951. The molecule has 0 aliphatic rings. The van der Waals surface area contributed by atoms with Gasteiger partial charge in [0, 0.05) is 13.6 Å². The highest BCUT2D eigenvalue weighted by Gasteiger charge is 2.09. The maximum Gasteiger partial charge on any atom is 0.191 e. The summed E-state index contributed by atoms with van der Waals surface area (Å²) >= 11 is 0. The minimum Gasteiger partial charge on any atom is -0.356 e. The lowest BCUT2D eigenvalue weighted by molar-refractivity contribution is 0.678. The van der Waals surface area contributed by atoms with Crippen LogP contribution in [0.3, 0.4) is 0 Å². The first-order chi connectivity index (χ1) is 14.0. The molecule has 0 saturated heterocycles. The number of halogens is 1. The van der Waals surface area contributed by atoms with E-state index in [-0.39, 0.29) is 24.0 Å². The fourth-order valence-electron chi connectivity index (χ4n) is 3.04. The van der Waals surface area contributed by atoms with Crippen LogP contribution in [0.15, 0.2) is 59.6 Å². The zero-order valence-corrected chi connectivity index (χ0v) is 20.4. The summed E-state index contributed by atoms with van der Waals surface area (Å²) in [4.78, 5) is 4.77. The van der Waals surface area contributed by atoms with Crippen LogP contribution in [0.1, 0.15) is 41.2 Å². The second kappa shape index (κ2) is 11.7. The average molecular weight is 518 g/mol. The molecule has 3 rings (SSSR count). The van der Waals surface area contributed by atoms with E-state index in [0.29, 0.717) is 19.0 Å². The number of nitrogens with zero attached hydrogens (tertiary/aromatic N) is 4. The van der Waals surface area contributed by atoms with Crippen LogP contribution < -0.4 is 10.6 Å². The standard InChI is InChI=1S/C23H30N6.HI/c1-17-9-8-12-21(13-17)18(2)14-24-23(25-15-20-10-6-5-7-11-20)26-16-22-28-27-19(3)29(22)4;/h5-13,18H,14-16H2,1-4H3,(H2,24,25,26);1H. The van der Waals surface area contributed by atoms with Gasteiger partial charge in [-0.05, 0) is 30.9 Å². The Morgan fingerprint density at radius 1 is 1.03 bits per heavy atom. The molecule has 0 spiro atoms. The third-order valence-electron chi connectivity index (χ3n) is 5.05. The quantitative estimate of drug-likeness (QED) is 0.281. The first kappa shape index (κ1) is 23.9. The minimum atomic E-state index is 0. The maximum atomic E-state index is 4.77. The molecule has 2 N–H and O–H groups in total. The average Bonchev–Trinajstić information content (AvgIpc) is 3.06. The van der Waals surface area contributed by atoms with Gasteiger partial charge in [-0.15, -0.1) is 34.2 Å². The van der Waals surface area contributed by atoms with E-state index < -0.39 is 0 Å². The molecular weight excluding hydrogens is 487 g/mol. The lowest BCUT2D eigenvalue weighted by Crippen LogP contribution is -2.39. The van der Waals surface area contributed by atoms with Crippen LogP contribution in [0.25, 0.3) is 0 Å². The third kappa shape index (κ3) is 6.83. The monoisotopic (exact) mass is 518 g/mol. The minimum absolute atomic E-state index is 0. The molecule has 0 radical (unpaired) electrons. The van der Waals surface area contributed by atoms with Gasteiger partial charge >= 0.3 is 0 Å². The zero-order chi connectivity index (χ0) is 20.6. The fourth-order valence-corrected chi connectivity index (χ4v) is 3.04. The lowest BCUT2D eigenvalue weighted by Gasteiger charge is -2.17. The Balaban J connectivity index is 0.00000320. The van der Waals surface area contributed by atoms with Crippen LogP contribution in [-0.4, -0.2) is 27.3 Å². The predicted octanol–water partition coefficient (Wildman–Crippen LogP) is 4.09. The van der Waals surface area contributed by atoms with Gasteiger partial charge in [-0.25, -0.2) is 4.99 Å². The molecule has 0 saturated carbocycles. The van der Waals surface area contributed by atoms with Crippen molar-refractivity contribution in [2.24, 2.45) is 12.0 Å². The highest BCUT2D eigenvalue weighted by atomic mass is 127. The van der Waals surface area contributed by atoms with Gasteiger partial charge in [-0.1, -0.05) is 67.1 Å². The Hall–Kier alpha value is -2.42. The summed E-state index contributed by atoms with van der Waals surface area (Å²) in [7, 11) is 1.97. The van der Waals surface area contributed by atoms with Crippen molar-refractivity contribution in [2.45, 2.75) is 39.8 Å². The molecule has 160 valence electrons. The van der Waals surface area contributed by atoms with Gasteiger partial charge in [0.05, 0.1) is 13.1 Å². The zero-order valence-electron chi connectivity index (χ0n) is 18.1. The molecule has 1 atom stereocenters. The van der Waals surface area contributed by atoms with Crippen molar-refractivity contribution in [3.63, 3.8) is 0 Å². The van der Waals surface area contributed by atoms with Crippen LogP contribution in [-0.2, 0) is 20.1 Å². The molecular formula is C23H31IN6. The number of hydrogen-bond donors (Lipinski definition) is 2. The summed E-state index contributed by atoms with van der Waals surface area (Å²) in [5.74, 6) is 2.92. The maximum absolute atomic E-state index is 4.77. The van der Waals surface area contributed by atoms with E-state index in [0.717, 1.165) is 24.2 Å². The van der Waals surface area contributed by atoms with Gasteiger partial charge in [0.2, 0.25) is 0 Å². The van der Waals surface area contributed by atoms with Crippen molar-refractivity contribution in [1.29, 1.82) is 0 Å². The highest BCUT2D eigenvalue weighted by molar-refractivity contribution is 14.0. The van der Waals surface area contributed by atoms with Gasteiger partial charge in [0.1, 0.15) is 5.82 Å². The summed E-state index contributed by atoms with van der Waals surface area (Å²) < 4.78 is 1.98. The SMILES string of the molecule is Cc1cccc(C(C)CNC(=NCc2ccccc2)NCc2nnc(C)n2C)c1.I. The van der Waals surface area contributed by atoms with Crippen molar-refractivity contribution >= 4 is 29.9 Å². The fraction of sp³-hybridized carbons (Fsp3) is 0.348. The Kier molecular flexibility index (Phi) is 9.29. The Morgan fingerprint density at radius 2 is 1.80 bits per heavy atom. The van der Waals surface area contributed by atoms with Crippen LogP contribution in [0.4, 0.5) is 0 Å². The largest absolute Gasteiger partial charge is 0.356 e. The predicted molar refractivity (Wildman–Crippen MR) is 133 cm³/mol. The van der Waals surface area contributed by atoms with Gasteiger partial charge in [-0.2, -0.15) is 0 Å². The molecule has 3 aromatic rings. The molecule has 30 heavy (non-hydrogen) atoms. The van der Waals surface area contributed by atoms with Crippen molar-refractivity contribution in [3.8, 4) is 0 Å². The van der Waals surface area contributed by atoms with Crippen molar-refractivity contribution in [1.82, 2.24) is 25.4 Å². The Morgan fingerprint density at radius 3 is 2.47 bits per heavy atom. The van der Waals surface area contributed by atoms with Crippen molar-refractivity contribution < 1.29 is 0 Å². The second-order valence-corrected chi connectivity index (χ2v) is 7.42. The number of benzene rings is 2. The number of guanidine groups is 1. The summed E-state index contributed by atoms with van der Waals surface area (Å²) in [6.45, 7) is 8.28. The molecule has 0 fully saturated rings. The van der Waals surface area contributed by atoms with Crippen LogP contribution in [0.5, 0.6) is 0 Å².